The number of benzene rings is 1. The number of imidazole rings is 1. The first-order valence-electron chi connectivity index (χ1n) is 8.73. The molecule has 29 heavy (non-hydrogen) atoms. The molecule has 3 aromatic rings. The topological polar surface area (TPSA) is 76.9 Å². The molecular weight excluding hydrogens is 405 g/mol. The summed E-state index contributed by atoms with van der Waals surface area (Å²) in [6.45, 7) is 1.90. The molecule has 0 bridgehead atoms. The summed E-state index contributed by atoms with van der Waals surface area (Å²) in [4.78, 5) is 8.35. The van der Waals surface area contributed by atoms with Crippen LogP contribution in [0.25, 0.3) is 11.3 Å². The van der Waals surface area contributed by atoms with E-state index in [0.29, 0.717) is 16.8 Å². The Morgan fingerprint density at radius 2 is 1.90 bits per heavy atom. The van der Waals surface area contributed by atoms with Gasteiger partial charge in [-0.15, -0.1) is 0 Å². The molecule has 10 heteroatoms. The van der Waals surface area contributed by atoms with Gasteiger partial charge in [0.15, 0.2) is 0 Å². The van der Waals surface area contributed by atoms with Crippen LogP contribution in [0.2, 0.25) is 0 Å². The van der Waals surface area contributed by atoms with Crippen LogP contribution in [0, 0.1) is 0 Å². The highest BCUT2D eigenvalue weighted by Crippen LogP contribution is 2.31. The Labute approximate surface area is 166 Å². The van der Waals surface area contributed by atoms with Gasteiger partial charge in [-0.1, -0.05) is 13.0 Å². The number of alkyl halides is 3. The van der Waals surface area contributed by atoms with Crippen LogP contribution in [0.3, 0.4) is 0 Å². The Morgan fingerprint density at radius 3 is 2.52 bits per heavy atom. The van der Waals surface area contributed by atoms with Crippen LogP contribution in [0.15, 0.2) is 53.9 Å². The van der Waals surface area contributed by atoms with Gasteiger partial charge in [-0.25, -0.2) is 18.1 Å². The van der Waals surface area contributed by atoms with Gasteiger partial charge in [0.05, 0.1) is 22.5 Å². The Bertz CT molecular complexity index is 1120. The predicted molar refractivity (Wildman–Crippen MR) is 102 cm³/mol. The second kappa shape index (κ2) is 7.96. The molecule has 2 heterocycles. The molecule has 1 N–H and O–H groups in total. The van der Waals surface area contributed by atoms with E-state index in [1.807, 2.05) is 0 Å². The fourth-order valence-corrected chi connectivity index (χ4v) is 3.95. The van der Waals surface area contributed by atoms with Crippen molar-refractivity contribution in [2.45, 2.75) is 24.4 Å². The van der Waals surface area contributed by atoms with Gasteiger partial charge in [-0.3, -0.25) is 4.98 Å². The third kappa shape index (κ3) is 4.83. The van der Waals surface area contributed by atoms with Crippen molar-refractivity contribution < 1.29 is 21.6 Å². The first kappa shape index (κ1) is 21.0. The normalized spacial score (nSPS) is 12.3. The van der Waals surface area contributed by atoms with E-state index in [0.717, 1.165) is 18.3 Å². The van der Waals surface area contributed by atoms with Crippen molar-refractivity contribution >= 4 is 10.0 Å². The fraction of sp³-hybridized carbons (Fsp3) is 0.263. The summed E-state index contributed by atoms with van der Waals surface area (Å²) in [5.74, 6) is 0. The third-order valence-electron chi connectivity index (χ3n) is 4.22. The molecule has 0 saturated heterocycles. The molecule has 2 aromatic heterocycles. The van der Waals surface area contributed by atoms with Crippen molar-refractivity contribution in [1.82, 2.24) is 19.3 Å². The summed E-state index contributed by atoms with van der Waals surface area (Å²) in [5.41, 5.74) is 1.09. The number of rotatable bonds is 6. The Balaban J connectivity index is 2.07. The van der Waals surface area contributed by atoms with Gasteiger partial charge in [0.25, 0.3) is 0 Å². The van der Waals surface area contributed by atoms with Gasteiger partial charge in [0, 0.05) is 43.7 Å². The van der Waals surface area contributed by atoms with E-state index in [4.69, 9.17) is 0 Å². The first-order chi connectivity index (χ1) is 13.6. The molecule has 0 atom stereocenters. The number of sulfonamides is 1. The molecule has 0 aliphatic heterocycles. The van der Waals surface area contributed by atoms with Crippen LogP contribution >= 0.6 is 0 Å². The van der Waals surface area contributed by atoms with Gasteiger partial charge in [0.2, 0.25) is 10.0 Å². The summed E-state index contributed by atoms with van der Waals surface area (Å²) in [6.07, 6.45) is 0.0143. The van der Waals surface area contributed by atoms with Crippen LogP contribution in [-0.4, -0.2) is 29.5 Å². The lowest BCUT2D eigenvalue weighted by molar-refractivity contribution is -0.137. The van der Waals surface area contributed by atoms with Crippen molar-refractivity contribution in [3.63, 3.8) is 0 Å². The summed E-state index contributed by atoms with van der Waals surface area (Å²) in [5, 5.41) is 0. The van der Waals surface area contributed by atoms with Crippen LogP contribution < -0.4 is 4.72 Å². The third-order valence-corrected chi connectivity index (χ3v) is 5.77. The van der Waals surface area contributed by atoms with Gasteiger partial charge >= 0.3 is 6.18 Å². The molecular formula is C19H19F3N4O2S. The number of hydrogen-bond donors (Lipinski definition) is 1. The van der Waals surface area contributed by atoms with Crippen LogP contribution in [0.5, 0.6) is 0 Å². The standard InChI is InChI=1S/C19H19F3N4O2S/c1-3-25-29(27,28)16-5-4-13(17(10-16)18-11-26(2)12-24-18)8-15-9-14(6-7-23-15)19(20,21)22/h4-7,9-12,25H,3,8H2,1-2H3. The zero-order valence-corrected chi connectivity index (χ0v) is 16.5. The average molecular weight is 424 g/mol. The Morgan fingerprint density at radius 1 is 1.14 bits per heavy atom. The highest BCUT2D eigenvalue weighted by Gasteiger charge is 2.30. The van der Waals surface area contributed by atoms with E-state index in [1.165, 1.54) is 12.1 Å². The molecule has 0 spiro atoms. The second-order valence-electron chi connectivity index (χ2n) is 6.46. The largest absolute Gasteiger partial charge is 0.416 e. The zero-order valence-electron chi connectivity index (χ0n) is 15.7. The highest BCUT2D eigenvalue weighted by atomic mass is 32.2. The monoisotopic (exact) mass is 424 g/mol. The van der Waals surface area contributed by atoms with Gasteiger partial charge in [0.1, 0.15) is 0 Å². The molecule has 154 valence electrons. The SMILES string of the molecule is CCNS(=O)(=O)c1ccc(Cc2cc(C(F)(F)F)ccn2)c(-c2cn(C)cn2)c1. The number of hydrogen-bond acceptors (Lipinski definition) is 4. The summed E-state index contributed by atoms with van der Waals surface area (Å²) >= 11 is 0. The molecule has 3 rings (SSSR count). The molecule has 0 amide bonds. The Hall–Kier alpha value is -2.72. The minimum absolute atomic E-state index is 0.0563. The fourth-order valence-electron chi connectivity index (χ4n) is 2.89. The summed E-state index contributed by atoms with van der Waals surface area (Å²) < 4.78 is 67.9. The molecule has 0 radical (unpaired) electrons. The average Bonchev–Trinajstić information content (AvgIpc) is 3.07. The summed E-state index contributed by atoms with van der Waals surface area (Å²) in [6, 6.07) is 6.38. The lowest BCUT2D eigenvalue weighted by Gasteiger charge is -2.12. The maximum atomic E-state index is 13.0. The second-order valence-corrected chi connectivity index (χ2v) is 8.22. The highest BCUT2D eigenvalue weighted by molar-refractivity contribution is 7.89. The van der Waals surface area contributed by atoms with Crippen LogP contribution in [-0.2, 0) is 29.7 Å². The molecule has 0 saturated carbocycles. The molecule has 0 unspecified atom stereocenters. The van der Waals surface area contributed by atoms with Crippen molar-refractivity contribution in [2.24, 2.45) is 7.05 Å². The van der Waals surface area contributed by atoms with E-state index in [-0.39, 0.29) is 23.6 Å². The van der Waals surface area contributed by atoms with Crippen LogP contribution in [0.1, 0.15) is 23.7 Å². The maximum Gasteiger partial charge on any atom is 0.416 e. The number of nitrogens with one attached hydrogen (secondary N) is 1. The lowest BCUT2D eigenvalue weighted by atomic mass is 10.00. The maximum absolute atomic E-state index is 13.0. The molecule has 0 fully saturated rings. The molecule has 1 aromatic carbocycles. The quantitative estimate of drug-likeness (QED) is 0.658. The molecule has 0 aliphatic rings. The number of aromatic nitrogens is 3. The van der Waals surface area contributed by atoms with Crippen molar-refractivity contribution in [2.75, 3.05) is 6.54 Å². The number of nitrogens with zero attached hydrogens (tertiary/aromatic N) is 3. The predicted octanol–water partition coefficient (Wildman–Crippen LogP) is 3.39. The van der Waals surface area contributed by atoms with Crippen LogP contribution in [0.4, 0.5) is 13.2 Å². The van der Waals surface area contributed by atoms with Gasteiger partial charge in [-0.05, 0) is 29.8 Å². The van der Waals surface area contributed by atoms with E-state index >= 15 is 0 Å². The van der Waals surface area contributed by atoms with Crippen molar-refractivity contribution in [1.29, 1.82) is 0 Å². The lowest BCUT2D eigenvalue weighted by Crippen LogP contribution is -2.23. The number of aryl methyl sites for hydroxylation is 1. The van der Waals surface area contributed by atoms with Gasteiger partial charge in [-0.2, -0.15) is 13.2 Å². The van der Waals surface area contributed by atoms with E-state index in [2.05, 4.69) is 14.7 Å². The van der Waals surface area contributed by atoms with Gasteiger partial charge < -0.3 is 4.57 Å². The minimum atomic E-state index is -4.47. The minimum Gasteiger partial charge on any atom is -0.340 e. The first-order valence-corrected chi connectivity index (χ1v) is 10.2. The van der Waals surface area contributed by atoms with E-state index in [1.54, 1.807) is 37.1 Å². The van der Waals surface area contributed by atoms with Crippen molar-refractivity contribution in [3.8, 4) is 11.3 Å². The smallest absolute Gasteiger partial charge is 0.340 e. The van der Waals surface area contributed by atoms with Crippen molar-refractivity contribution in [3.05, 3.63) is 65.9 Å². The molecule has 0 aliphatic carbocycles. The zero-order chi connectivity index (χ0) is 21.2. The van der Waals surface area contributed by atoms with E-state index in [9.17, 15) is 21.6 Å². The number of pyridine rings is 1. The number of halogens is 3. The molecule has 6 nitrogen and oxygen atoms in total. The summed E-state index contributed by atoms with van der Waals surface area (Å²) in [7, 11) is -1.93. The van der Waals surface area contributed by atoms with E-state index < -0.39 is 21.8 Å². The Kier molecular flexibility index (Phi) is 5.76.